The molecular weight excluding hydrogens is 371 g/mol. The number of aliphatic hydroxyl groups is 1. The highest BCUT2D eigenvalue weighted by Crippen LogP contribution is 2.34. The quantitative estimate of drug-likeness (QED) is 0.725. The van der Waals surface area contributed by atoms with Crippen molar-refractivity contribution in [2.75, 3.05) is 6.54 Å². The number of amides is 1. The molecule has 2 aromatic heterocycles. The van der Waals surface area contributed by atoms with Gasteiger partial charge in [-0.05, 0) is 23.8 Å². The van der Waals surface area contributed by atoms with E-state index >= 15 is 0 Å². The lowest BCUT2D eigenvalue weighted by molar-refractivity contribution is -0.139. The second kappa shape index (κ2) is 6.97. The molecule has 0 fully saturated rings. The number of aliphatic hydroxyl groups excluding tert-OH is 1. The van der Waals surface area contributed by atoms with Gasteiger partial charge in [0.25, 0.3) is 5.91 Å². The van der Waals surface area contributed by atoms with E-state index in [0.29, 0.717) is 5.65 Å². The fraction of sp³-hybridized carbons (Fsp3) is 0.176. The van der Waals surface area contributed by atoms with E-state index < -0.39 is 30.3 Å². The summed E-state index contributed by atoms with van der Waals surface area (Å²) >= 11 is 5.98. The molecule has 9 heteroatoms. The van der Waals surface area contributed by atoms with Crippen LogP contribution >= 0.6 is 11.6 Å². The van der Waals surface area contributed by atoms with Crippen LogP contribution in [0.3, 0.4) is 0 Å². The zero-order valence-corrected chi connectivity index (χ0v) is 13.9. The fourth-order valence-corrected chi connectivity index (χ4v) is 2.86. The van der Waals surface area contributed by atoms with Crippen LogP contribution < -0.4 is 5.32 Å². The van der Waals surface area contributed by atoms with Crippen LogP contribution in [0.1, 0.15) is 27.7 Å². The molecule has 1 aromatic carbocycles. The Balaban J connectivity index is 1.79. The third kappa shape index (κ3) is 3.51. The highest BCUT2D eigenvalue weighted by Gasteiger charge is 2.34. The summed E-state index contributed by atoms with van der Waals surface area (Å²) in [6.45, 7) is -0.414. The highest BCUT2D eigenvalue weighted by molar-refractivity contribution is 6.32. The van der Waals surface area contributed by atoms with Crippen LogP contribution in [0.2, 0.25) is 5.15 Å². The van der Waals surface area contributed by atoms with Gasteiger partial charge in [-0.1, -0.05) is 35.9 Å². The molecule has 3 aromatic rings. The number of hydrogen-bond acceptors (Lipinski definition) is 3. The molecule has 0 aliphatic heterocycles. The summed E-state index contributed by atoms with van der Waals surface area (Å²) in [7, 11) is 0. The summed E-state index contributed by atoms with van der Waals surface area (Å²) in [6, 6.07) is 9.71. The zero-order valence-electron chi connectivity index (χ0n) is 13.2. The van der Waals surface area contributed by atoms with Gasteiger partial charge in [0.1, 0.15) is 5.65 Å². The van der Waals surface area contributed by atoms with Gasteiger partial charge in [-0.2, -0.15) is 13.2 Å². The zero-order chi connectivity index (χ0) is 18.9. The largest absolute Gasteiger partial charge is 0.416 e. The molecule has 136 valence electrons. The standard InChI is InChI=1S/C17H13ClF3N3O2/c18-15-14(24-8-4-3-7-13(24)23-15)16(26)22-9-12(25)10-5-1-2-6-11(10)17(19,20)21/h1-8,12,25H,9H2,(H,22,26)/t12-/m1/s1. The van der Waals surface area contributed by atoms with Crippen molar-refractivity contribution in [2.45, 2.75) is 12.3 Å². The molecule has 1 atom stereocenters. The second-order valence-corrected chi connectivity index (χ2v) is 5.85. The van der Waals surface area contributed by atoms with Crippen molar-refractivity contribution in [1.82, 2.24) is 14.7 Å². The number of fused-ring (bicyclic) bond motifs is 1. The van der Waals surface area contributed by atoms with Crippen LogP contribution in [0.15, 0.2) is 48.7 Å². The molecular formula is C17H13ClF3N3O2. The average Bonchev–Trinajstić information content (AvgIpc) is 2.94. The Morgan fingerprint density at radius 2 is 1.92 bits per heavy atom. The molecule has 1 amide bonds. The molecule has 0 aliphatic carbocycles. The van der Waals surface area contributed by atoms with Crippen molar-refractivity contribution in [3.05, 3.63) is 70.6 Å². The number of aromatic nitrogens is 2. The maximum absolute atomic E-state index is 13.0. The first kappa shape index (κ1) is 18.2. The van der Waals surface area contributed by atoms with Crippen LogP contribution in [-0.2, 0) is 6.18 Å². The van der Waals surface area contributed by atoms with Crippen LogP contribution in [0.4, 0.5) is 13.2 Å². The monoisotopic (exact) mass is 383 g/mol. The van der Waals surface area contributed by atoms with E-state index in [9.17, 15) is 23.1 Å². The Bertz CT molecular complexity index is 956. The van der Waals surface area contributed by atoms with E-state index in [1.165, 1.54) is 22.6 Å². The molecule has 0 saturated heterocycles. The Kier molecular flexibility index (Phi) is 4.88. The summed E-state index contributed by atoms with van der Waals surface area (Å²) in [5, 5.41) is 12.5. The van der Waals surface area contributed by atoms with Gasteiger partial charge < -0.3 is 10.4 Å². The van der Waals surface area contributed by atoms with Crippen molar-refractivity contribution in [3.8, 4) is 0 Å². The lowest BCUT2D eigenvalue weighted by Gasteiger charge is -2.17. The van der Waals surface area contributed by atoms with E-state index in [-0.39, 0.29) is 16.4 Å². The molecule has 0 spiro atoms. The number of pyridine rings is 1. The second-order valence-electron chi connectivity index (χ2n) is 5.49. The number of nitrogens with zero attached hydrogens (tertiary/aromatic N) is 2. The van der Waals surface area contributed by atoms with Gasteiger partial charge in [0, 0.05) is 12.7 Å². The van der Waals surface area contributed by atoms with Crippen molar-refractivity contribution >= 4 is 23.2 Å². The molecule has 0 radical (unpaired) electrons. The van der Waals surface area contributed by atoms with Crippen LogP contribution in [-0.4, -0.2) is 26.9 Å². The van der Waals surface area contributed by atoms with Crippen molar-refractivity contribution in [3.63, 3.8) is 0 Å². The Hall–Kier alpha value is -2.58. The third-order valence-electron chi connectivity index (χ3n) is 3.78. The summed E-state index contributed by atoms with van der Waals surface area (Å²) in [5.41, 5.74) is -0.775. The predicted octanol–water partition coefficient (Wildman–Crippen LogP) is 3.47. The maximum atomic E-state index is 13.0. The number of rotatable bonds is 4. The van der Waals surface area contributed by atoms with Crippen molar-refractivity contribution < 1.29 is 23.1 Å². The Morgan fingerprint density at radius 1 is 1.23 bits per heavy atom. The first-order valence-electron chi connectivity index (χ1n) is 7.54. The molecule has 0 saturated carbocycles. The minimum Gasteiger partial charge on any atom is -0.387 e. The van der Waals surface area contributed by atoms with Crippen molar-refractivity contribution in [2.24, 2.45) is 0 Å². The van der Waals surface area contributed by atoms with Gasteiger partial charge in [-0.15, -0.1) is 0 Å². The van der Waals surface area contributed by atoms with Gasteiger partial charge >= 0.3 is 6.18 Å². The van der Waals surface area contributed by atoms with Gasteiger partial charge in [-0.25, -0.2) is 4.98 Å². The summed E-state index contributed by atoms with van der Waals surface area (Å²) < 4.78 is 40.5. The molecule has 3 rings (SSSR count). The van der Waals surface area contributed by atoms with Crippen molar-refractivity contribution in [1.29, 1.82) is 0 Å². The molecule has 2 N–H and O–H groups in total. The van der Waals surface area contributed by atoms with E-state index in [4.69, 9.17) is 11.6 Å². The third-order valence-corrected chi connectivity index (χ3v) is 4.05. The molecule has 0 bridgehead atoms. The van der Waals surface area contributed by atoms with Crippen LogP contribution in [0, 0.1) is 0 Å². The number of nitrogens with one attached hydrogen (secondary N) is 1. The topological polar surface area (TPSA) is 66.6 Å². The number of halogens is 4. The Labute approximate surface area is 151 Å². The van der Waals surface area contributed by atoms with Crippen LogP contribution in [0.25, 0.3) is 5.65 Å². The lowest BCUT2D eigenvalue weighted by Crippen LogP contribution is -2.30. The fourth-order valence-electron chi connectivity index (χ4n) is 2.60. The molecule has 5 nitrogen and oxygen atoms in total. The number of benzene rings is 1. The van der Waals surface area contributed by atoms with Gasteiger partial charge in [-0.3, -0.25) is 9.20 Å². The van der Waals surface area contributed by atoms with E-state index in [0.717, 1.165) is 6.07 Å². The molecule has 2 heterocycles. The van der Waals surface area contributed by atoms with Crippen LogP contribution in [0.5, 0.6) is 0 Å². The average molecular weight is 384 g/mol. The smallest absolute Gasteiger partial charge is 0.387 e. The molecule has 26 heavy (non-hydrogen) atoms. The predicted molar refractivity (Wildman–Crippen MR) is 88.9 cm³/mol. The Morgan fingerprint density at radius 3 is 2.65 bits per heavy atom. The minimum absolute atomic E-state index is 0.0403. The highest BCUT2D eigenvalue weighted by atomic mass is 35.5. The van der Waals surface area contributed by atoms with Gasteiger partial charge in [0.2, 0.25) is 0 Å². The summed E-state index contributed by atoms with van der Waals surface area (Å²) in [6.07, 6.45) is -4.56. The van der Waals surface area contributed by atoms with E-state index in [1.807, 2.05) is 0 Å². The number of carbonyl (C=O) groups is 1. The summed E-state index contributed by atoms with van der Waals surface area (Å²) in [4.78, 5) is 16.4. The van der Waals surface area contributed by atoms with Gasteiger partial charge in [0.05, 0.1) is 11.7 Å². The van der Waals surface area contributed by atoms with E-state index in [2.05, 4.69) is 10.3 Å². The van der Waals surface area contributed by atoms with Gasteiger partial charge in [0.15, 0.2) is 10.8 Å². The first-order valence-corrected chi connectivity index (χ1v) is 7.92. The first-order chi connectivity index (χ1) is 12.3. The number of carbonyl (C=O) groups excluding carboxylic acids is 1. The number of imidazole rings is 1. The number of hydrogen-bond donors (Lipinski definition) is 2. The normalized spacial score (nSPS) is 13.0. The number of alkyl halides is 3. The minimum atomic E-state index is -4.60. The SMILES string of the molecule is O=C(NC[C@@H](O)c1ccccc1C(F)(F)F)c1c(Cl)nc2ccccn12. The maximum Gasteiger partial charge on any atom is 0.416 e. The summed E-state index contributed by atoms with van der Waals surface area (Å²) in [5.74, 6) is -0.655. The van der Waals surface area contributed by atoms with E-state index in [1.54, 1.807) is 24.4 Å². The molecule has 0 unspecified atom stereocenters. The molecule has 0 aliphatic rings. The lowest BCUT2D eigenvalue weighted by atomic mass is 10.0.